The summed E-state index contributed by atoms with van der Waals surface area (Å²) in [7, 11) is -2.30. The summed E-state index contributed by atoms with van der Waals surface area (Å²) in [5, 5.41) is 10.9. The monoisotopic (exact) mass is 432 g/mol. The van der Waals surface area contributed by atoms with Crippen LogP contribution in [0.5, 0.6) is 5.75 Å². The lowest BCUT2D eigenvalue weighted by Crippen LogP contribution is -2.36. The summed E-state index contributed by atoms with van der Waals surface area (Å²) in [6.45, 7) is -0.840. The molecule has 0 N–H and O–H groups in total. The number of methoxy groups -OCH3 is 2. The number of sulfonamides is 1. The molecule has 12 heteroatoms. The Labute approximate surface area is 164 Å². The normalized spacial score (nSPS) is 11.0. The highest BCUT2D eigenvalue weighted by Gasteiger charge is 2.31. The molecule has 0 unspecified atom stereocenters. The number of nitrogens with zero attached hydrogens (tertiary/aromatic N) is 2. The number of halogens is 2. The maximum atomic E-state index is 14.0. The number of hydrogen-bond donors (Lipinski definition) is 0. The van der Waals surface area contributed by atoms with Gasteiger partial charge in [0, 0.05) is 12.1 Å². The zero-order chi connectivity index (χ0) is 21.1. The van der Waals surface area contributed by atoms with E-state index in [-0.39, 0.29) is 16.5 Å². The highest BCUT2D eigenvalue weighted by Crippen LogP contribution is 2.34. The molecule has 0 aliphatic rings. The van der Waals surface area contributed by atoms with Crippen molar-refractivity contribution in [2.75, 3.05) is 25.1 Å². The fraction of sp³-hybridized carbons (Fsp3) is 0.188. The van der Waals surface area contributed by atoms with Gasteiger partial charge in [0.2, 0.25) is 0 Å². The van der Waals surface area contributed by atoms with Crippen molar-refractivity contribution in [3.05, 3.63) is 57.4 Å². The smallest absolute Gasteiger partial charge is 0.326 e. The molecule has 0 spiro atoms. The number of carbonyl (C=O) groups is 1. The molecule has 0 bridgehead atoms. The van der Waals surface area contributed by atoms with Crippen LogP contribution < -0.4 is 9.04 Å². The molecule has 0 saturated heterocycles. The molecule has 0 fully saturated rings. The lowest BCUT2D eigenvalue weighted by atomic mass is 10.3. The Balaban J connectivity index is 2.66. The van der Waals surface area contributed by atoms with Crippen molar-refractivity contribution in [3.63, 3.8) is 0 Å². The lowest BCUT2D eigenvalue weighted by molar-refractivity contribution is -0.384. The van der Waals surface area contributed by atoms with Crippen molar-refractivity contribution in [2.45, 2.75) is 4.90 Å². The minimum absolute atomic E-state index is 0.174. The third-order valence-corrected chi connectivity index (χ3v) is 5.70. The molecule has 0 amide bonds. The lowest BCUT2D eigenvalue weighted by Gasteiger charge is -2.24. The van der Waals surface area contributed by atoms with Gasteiger partial charge < -0.3 is 9.47 Å². The van der Waals surface area contributed by atoms with E-state index in [1.54, 1.807) is 0 Å². The van der Waals surface area contributed by atoms with Crippen LogP contribution in [0.4, 0.5) is 15.8 Å². The van der Waals surface area contributed by atoms with Gasteiger partial charge >= 0.3 is 5.97 Å². The van der Waals surface area contributed by atoms with Crippen LogP contribution in [0.3, 0.4) is 0 Å². The van der Waals surface area contributed by atoms with E-state index in [1.807, 2.05) is 0 Å². The van der Waals surface area contributed by atoms with Gasteiger partial charge in [-0.2, -0.15) is 0 Å². The van der Waals surface area contributed by atoms with Crippen molar-refractivity contribution in [3.8, 4) is 5.75 Å². The molecule has 150 valence electrons. The molecular formula is C16H14ClFN2O7S. The average molecular weight is 433 g/mol. The van der Waals surface area contributed by atoms with Gasteiger partial charge in [-0.3, -0.25) is 19.2 Å². The summed E-state index contributed by atoms with van der Waals surface area (Å²) >= 11 is 6.02. The second-order valence-electron chi connectivity index (χ2n) is 5.28. The molecule has 0 atom stereocenters. The Morgan fingerprint density at radius 1 is 1.25 bits per heavy atom. The van der Waals surface area contributed by atoms with Crippen molar-refractivity contribution >= 4 is 39.0 Å². The van der Waals surface area contributed by atoms with E-state index in [0.717, 1.165) is 37.4 Å². The fourth-order valence-electron chi connectivity index (χ4n) is 2.22. The molecule has 2 aromatic rings. The Morgan fingerprint density at radius 3 is 2.46 bits per heavy atom. The highest BCUT2D eigenvalue weighted by molar-refractivity contribution is 7.92. The molecule has 2 rings (SSSR count). The Kier molecular flexibility index (Phi) is 6.41. The zero-order valence-electron chi connectivity index (χ0n) is 14.6. The summed E-state index contributed by atoms with van der Waals surface area (Å²) < 4.78 is 49.9. The average Bonchev–Trinajstić information content (AvgIpc) is 2.66. The molecule has 2 aromatic carbocycles. The van der Waals surface area contributed by atoms with Crippen molar-refractivity contribution in [1.82, 2.24) is 0 Å². The van der Waals surface area contributed by atoms with Crippen molar-refractivity contribution in [1.29, 1.82) is 0 Å². The largest absolute Gasteiger partial charge is 0.494 e. The van der Waals surface area contributed by atoms with Crippen molar-refractivity contribution in [2.24, 2.45) is 0 Å². The molecule has 28 heavy (non-hydrogen) atoms. The minimum Gasteiger partial charge on any atom is -0.494 e. The highest BCUT2D eigenvalue weighted by atomic mass is 35.5. The van der Waals surface area contributed by atoms with Crippen LogP contribution >= 0.6 is 11.6 Å². The van der Waals surface area contributed by atoms with Gasteiger partial charge in [0.15, 0.2) is 11.6 Å². The summed E-state index contributed by atoms with van der Waals surface area (Å²) in [6, 6.07) is 5.93. The number of rotatable bonds is 7. The van der Waals surface area contributed by atoms with Gasteiger partial charge in [0.25, 0.3) is 15.7 Å². The molecule has 9 nitrogen and oxygen atoms in total. The number of benzene rings is 2. The van der Waals surface area contributed by atoms with Crippen LogP contribution in [0.15, 0.2) is 41.3 Å². The summed E-state index contributed by atoms with van der Waals surface area (Å²) in [5.74, 6) is -2.10. The number of carbonyl (C=O) groups excluding carboxylic acids is 1. The number of ether oxygens (including phenoxy) is 2. The quantitative estimate of drug-likeness (QED) is 0.375. The van der Waals surface area contributed by atoms with Gasteiger partial charge in [0.1, 0.15) is 6.54 Å². The van der Waals surface area contributed by atoms with Gasteiger partial charge in [0.05, 0.1) is 34.7 Å². The van der Waals surface area contributed by atoms with Crippen LogP contribution in [0.2, 0.25) is 5.02 Å². The summed E-state index contributed by atoms with van der Waals surface area (Å²) in [5.41, 5.74) is -0.789. The maximum absolute atomic E-state index is 14.0. The zero-order valence-corrected chi connectivity index (χ0v) is 16.2. The second kappa shape index (κ2) is 8.40. The topological polar surface area (TPSA) is 116 Å². The van der Waals surface area contributed by atoms with E-state index < -0.39 is 43.9 Å². The standard InChI is InChI=1S/C16H14ClFN2O7S/c1-26-15-6-4-11(8-13(15)18)28(24,25)19(9-16(21)27-2)14-7-10(20(22)23)3-5-12(14)17/h3-8H,9H2,1-2H3. The van der Waals surface area contributed by atoms with Gasteiger partial charge in [-0.15, -0.1) is 0 Å². The number of anilines is 1. The van der Waals surface area contributed by atoms with Gasteiger partial charge in [-0.1, -0.05) is 11.6 Å². The fourth-order valence-corrected chi connectivity index (χ4v) is 3.92. The van der Waals surface area contributed by atoms with E-state index >= 15 is 0 Å². The third-order valence-electron chi connectivity index (χ3n) is 3.62. The van der Waals surface area contributed by atoms with E-state index in [4.69, 9.17) is 16.3 Å². The third kappa shape index (κ3) is 4.31. The summed E-state index contributed by atoms with van der Waals surface area (Å²) in [6.07, 6.45) is 0. The van der Waals surface area contributed by atoms with Gasteiger partial charge in [-0.05, 0) is 24.3 Å². The first-order valence-corrected chi connectivity index (χ1v) is 9.30. The van der Waals surface area contributed by atoms with Crippen LogP contribution in [-0.2, 0) is 19.6 Å². The van der Waals surface area contributed by atoms with Crippen LogP contribution in [-0.4, -0.2) is 40.1 Å². The number of esters is 1. The molecular weight excluding hydrogens is 419 g/mol. The minimum atomic E-state index is -4.54. The van der Waals surface area contributed by atoms with E-state index in [1.165, 1.54) is 7.11 Å². The number of hydrogen-bond acceptors (Lipinski definition) is 7. The molecule has 0 aliphatic carbocycles. The second-order valence-corrected chi connectivity index (χ2v) is 7.55. The Hall–Kier alpha value is -2.92. The summed E-state index contributed by atoms with van der Waals surface area (Å²) in [4.78, 5) is 21.5. The molecule has 0 radical (unpaired) electrons. The van der Waals surface area contributed by atoms with E-state index in [2.05, 4.69) is 4.74 Å². The maximum Gasteiger partial charge on any atom is 0.326 e. The van der Waals surface area contributed by atoms with E-state index in [9.17, 15) is 27.7 Å². The number of non-ortho nitro benzene ring substituents is 1. The number of nitro benzene ring substituents is 1. The SMILES string of the molecule is COC(=O)CN(c1cc([N+](=O)[O-])ccc1Cl)S(=O)(=O)c1ccc(OC)c(F)c1. The first kappa shape index (κ1) is 21.4. The van der Waals surface area contributed by atoms with Crippen LogP contribution in [0, 0.1) is 15.9 Å². The van der Waals surface area contributed by atoms with Crippen LogP contribution in [0.25, 0.3) is 0 Å². The molecule has 0 aliphatic heterocycles. The molecule has 0 heterocycles. The van der Waals surface area contributed by atoms with Crippen molar-refractivity contribution < 1.29 is 32.0 Å². The van der Waals surface area contributed by atoms with E-state index in [0.29, 0.717) is 10.4 Å². The Morgan fingerprint density at radius 2 is 1.93 bits per heavy atom. The van der Waals surface area contributed by atoms with Crippen LogP contribution in [0.1, 0.15) is 0 Å². The first-order chi connectivity index (χ1) is 13.1. The predicted octanol–water partition coefficient (Wildman–Crippen LogP) is 2.76. The Bertz CT molecular complexity index is 1030. The molecule has 0 aromatic heterocycles. The number of nitro groups is 1. The predicted molar refractivity (Wildman–Crippen MR) is 97.6 cm³/mol. The first-order valence-electron chi connectivity index (χ1n) is 7.49. The van der Waals surface area contributed by atoms with Gasteiger partial charge in [-0.25, -0.2) is 12.8 Å². The molecule has 0 saturated carbocycles.